The molecule has 1 N–H and O–H groups in total. The van der Waals surface area contributed by atoms with Crippen LogP contribution in [0.15, 0.2) is 42.5 Å². The first-order valence-corrected chi connectivity index (χ1v) is 9.90. The Kier molecular flexibility index (Phi) is 7.00. The molecule has 0 radical (unpaired) electrons. The van der Waals surface area contributed by atoms with Crippen molar-refractivity contribution in [1.29, 1.82) is 0 Å². The van der Waals surface area contributed by atoms with E-state index in [2.05, 4.69) is 34.5 Å². The van der Waals surface area contributed by atoms with Crippen molar-refractivity contribution in [2.45, 2.75) is 19.4 Å². The zero-order chi connectivity index (χ0) is 19.2. The average molecular weight is 407 g/mol. The van der Waals surface area contributed by atoms with Gasteiger partial charge in [-0.2, -0.15) is 0 Å². The van der Waals surface area contributed by atoms with Gasteiger partial charge in [0.15, 0.2) is 5.75 Å². The van der Waals surface area contributed by atoms with Crippen molar-refractivity contribution in [1.82, 2.24) is 10.2 Å². The summed E-state index contributed by atoms with van der Waals surface area (Å²) in [6.45, 7) is 3.68. The smallest absolute Gasteiger partial charge is 0.251 e. The van der Waals surface area contributed by atoms with E-state index in [0.29, 0.717) is 33.8 Å². The fourth-order valence-corrected chi connectivity index (χ4v) is 4.17. The second kappa shape index (κ2) is 9.45. The number of nitrogens with one attached hydrogen (secondary N) is 1. The van der Waals surface area contributed by atoms with Crippen LogP contribution in [0, 0.1) is 5.92 Å². The molecule has 1 aliphatic heterocycles. The number of methoxy groups -OCH3 is 1. The molecule has 3 rings (SSSR count). The Bertz CT molecular complexity index is 760. The third-order valence-electron chi connectivity index (χ3n) is 4.87. The zero-order valence-electron chi connectivity index (χ0n) is 15.4. The molecule has 4 nitrogen and oxygen atoms in total. The van der Waals surface area contributed by atoms with Crippen LogP contribution in [-0.4, -0.2) is 37.6 Å². The minimum absolute atomic E-state index is 0.165. The minimum atomic E-state index is -0.165. The molecule has 0 saturated carbocycles. The predicted molar refractivity (Wildman–Crippen MR) is 110 cm³/mol. The van der Waals surface area contributed by atoms with Gasteiger partial charge in [0.05, 0.1) is 17.2 Å². The fourth-order valence-electron chi connectivity index (χ4n) is 3.53. The average Bonchev–Trinajstić information content (AvgIpc) is 2.67. The third-order valence-corrected chi connectivity index (χ3v) is 5.43. The van der Waals surface area contributed by atoms with Crippen molar-refractivity contribution < 1.29 is 9.53 Å². The lowest BCUT2D eigenvalue weighted by Gasteiger charge is -2.32. The Hall–Kier alpha value is -1.75. The van der Waals surface area contributed by atoms with Gasteiger partial charge in [0.2, 0.25) is 0 Å². The number of carbonyl (C=O) groups is 1. The third kappa shape index (κ3) is 5.38. The van der Waals surface area contributed by atoms with Crippen LogP contribution < -0.4 is 10.1 Å². The standard InChI is InChI=1S/C21H24Cl2N2O2/c1-27-20-18(22)10-17(11-19(20)23)21(26)24-12-16-8-5-9-25(14-16)13-15-6-3-2-4-7-15/h2-4,6-7,10-11,16H,5,8-9,12-14H2,1H3,(H,24,26). The summed E-state index contributed by atoms with van der Waals surface area (Å²) in [7, 11) is 1.50. The van der Waals surface area contributed by atoms with E-state index >= 15 is 0 Å². The number of ether oxygens (including phenoxy) is 1. The number of rotatable bonds is 6. The van der Waals surface area contributed by atoms with E-state index < -0.39 is 0 Å². The van der Waals surface area contributed by atoms with Crippen LogP contribution in [0.4, 0.5) is 0 Å². The van der Waals surface area contributed by atoms with Gasteiger partial charge in [-0.15, -0.1) is 0 Å². The van der Waals surface area contributed by atoms with Gasteiger partial charge in [-0.25, -0.2) is 0 Å². The molecular formula is C21H24Cl2N2O2. The van der Waals surface area contributed by atoms with E-state index in [1.54, 1.807) is 12.1 Å². The molecule has 0 aromatic heterocycles. The lowest BCUT2D eigenvalue weighted by atomic mass is 9.97. The number of hydrogen-bond acceptors (Lipinski definition) is 3. The van der Waals surface area contributed by atoms with Gasteiger partial charge in [0.25, 0.3) is 5.91 Å². The number of likely N-dealkylation sites (tertiary alicyclic amines) is 1. The van der Waals surface area contributed by atoms with Gasteiger partial charge in [-0.1, -0.05) is 53.5 Å². The molecule has 6 heteroatoms. The van der Waals surface area contributed by atoms with Crippen molar-refractivity contribution in [3.8, 4) is 5.75 Å². The van der Waals surface area contributed by atoms with E-state index in [9.17, 15) is 4.79 Å². The summed E-state index contributed by atoms with van der Waals surface area (Å²) in [4.78, 5) is 14.9. The highest BCUT2D eigenvalue weighted by Crippen LogP contribution is 2.33. The molecule has 1 fully saturated rings. The Labute approximate surface area is 170 Å². The van der Waals surface area contributed by atoms with Crippen LogP contribution >= 0.6 is 23.2 Å². The quantitative estimate of drug-likeness (QED) is 0.759. The summed E-state index contributed by atoms with van der Waals surface area (Å²) in [5.41, 5.74) is 1.77. The molecule has 2 aromatic rings. The molecular weight excluding hydrogens is 383 g/mol. The van der Waals surface area contributed by atoms with Crippen LogP contribution in [-0.2, 0) is 6.54 Å². The molecule has 0 aliphatic carbocycles. The van der Waals surface area contributed by atoms with Crippen molar-refractivity contribution in [2.24, 2.45) is 5.92 Å². The maximum Gasteiger partial charge on any atom is 0.251 e. The molecule has 2 aromatic carbocycles. The van der Waals surface area contributed by atoms with Crippen molar-refractivity contribution in [3.63, 3.8) is 0 Å². The molecule has 1 amide bonds. The first-order valence-electron chi connectivity index (χ1n) is 9.14. The topological polar surface area (TPSA) is 41.6 Å². The summed E-state index contributed by atoms with van der Waals surface area (Å²) in [6, 6.07) is 13.7. The van der Waals surface area contributed by atoms with E-state index in [1.165, 1.54) is 12.7 Å². The highest BCUT2D eigenvalue weighted by atomic mass is 35.5. The fraction of sp³-hybridized carbons (Fsp3) is 0.381. The molecule has 27 heavy (non-hydrogen) atoms. The zero-order valence-corrected chi connectivity index (χ0v) is 16.9. The monoisotopic (exact) mass is 406 g/mol. The molecule has 0 bridgehead atoms. The number of hydrogen-bond donors (Lipinski definition) is 1. The predicted octanol–water partition coefficient (Wildman–Crippen LogP) is 4.64. The highest BCUT2D eigenvalue weighted by molar-refractivity contribution is 6.37. The first kappa shape index (κ1) is 20.0. The van der Waals surface area contributed by atoms with Crippen LogP contribution in [0.5, 0.6) is 5.75 Å². The highest BCUT2D eigenvalue weighted by Gasteiger charge is 2.21. The molecule has 1 saturated heterocycles. The molecule has 1 atom stereocenters. The van der Waals surface area contributed by atoms with Crippen LogP contribution in [0.25, 0.3) is 0 Å². The number of amides is 1. The normalized spacial score (nSPS) is 17.5. The van der Waals surface area contributed by atoms with Gasteiger partial charge in [0, 0.05) is 25.2 Å². The van der Waals surface area contributed by atoms with Crippen molar-refractivity contribution in [3.05, 3.63) is 63.6 Å². The molecule has 1 unspecified atom stereocenters. The Morgan fingerprint density at radius 2 is 1.93 bits per heavy atom. The summed E-state index contributed by atoms with van der Waals surface area (Å²) in [6.07, 6.45) is 2.27. The lowest BCUT2D eigenvalue weighted by molar-refractivity contribution is 0.0930. The summed E-state index contributed by atoms with van der Waals surface area (Å²) in [5, 5.41) is 3.69. The van der Waals surface area contributed by atoms with Crippen molar-refractivity contribution in [2.75, 3.05) is 26.7 Å². The second-order valence-electron chi connectivity index (χ2n) is 6.91. The first-order chi connectivity index (χ1) is 13.1. The molecule has 1 aliphatic rings. The van der Waals surface area contributed by atoms with Gasteiger partial charge in [-0.05, 0) is 43.0 Å². The summed E-state index contributed by atoms with van der Waals surface area (Å²) >= 11 is 12.3. The summed E-state index contributed by atoms with van der Waals surface area (Å²) in [5.74, 6) is 0.663. The maximum absolute atomic E-state index is 12.5. The minimum Gasteiger partial charge on any atom is -0.494 e. The van der Waals surface area contributed by atoms with E-state index in [4.69, 9.17) is 27.9 Å². The number of halogens is 2. The van der Waals surface area contributed by atoms with Crippen molar-refractivity contribution >= 4 is 29.1 Å². The van der Waals surface area contributed by atoms with Gasteiger partial charge >= 0.3 is 0 Å². The molecule has 144 valence electrons. The largest absolute Gasteiger partial charge is 0.494 e. The van der Waals surface area contributed by atoms with E-state index in [0.717, 1.165) is 32.5 Å². The van der Waals surface area contributed by atoms with Crippen LogP contribution in [0.1, 0.15) is 28.8 Å². The SMILES string of the molecule is COc1c(Cl)cc(C(=O)NCC2CCCN(Cc3ccccc3)C2)cc1Cl. The Morgan fingerprint density at radius 1 is 1.22 bits per heavy atom. The van der Waals surface area contributed by atoms with Crippen LogP contribution in [0.2, 0.25) is 10.0 Å². The van der Waals surface area contributed by atoms with Crippen LogP contribution in [0.3, 0.4) is 0 Å². The summed E-state index contributed by atoms with van der Waals surface area (Å²) < 4.78 is 5.13. The lowest BCUT2D eigenvalue weighted by Crippen LogP contribution is -2.40. The van der Waals surface area contributed by atoms with E-state index in [-0.39, 0.29) is 5.91 Å². The van der Waals surface area contributed by atoms with Gasteiger partial charge in [0.1, 0.15) is 0 Å². The van der Waals surface area contributed by atoms with E-state index in [1.807, 2.05) is 6.07 Å². The molecule has 0 spiro atoms. The Balaban J connectivity index is 1.54. The molecule has 1 heterocycles. The number of nitrogens with zero attached hydrogens (tertiary/aromatic N) is 1. The number of carbonyl (C=O) groups excluding carboxylic acids is 1. The van der Waals surface area contributed by atoms with Gasteiger partial charge < -0.3 is 10.1 Å². The Morgan fingerprint density at radius 3 is 2.59 bits per heavy atom. The number of piperidine rings is 1. The maximum atomic E-state index is 12.5. The van der Waals surface area contributed by atoms with Gasteiger partial charge in [-0.3, -0.25) is 9.69 Å². The second-order valence-corrected chi connectivity index (χ2v) is 7.73. The number of benzene rings is 2.